The van der Waals surface area contributed by atoms with Gasteiger partial charge in [-0.25, -0.2) is 4.98 Å². The predicted molar refractivity (Wildman–Crippen MR) is 93.7 cm³/mol. The van der Waals surface area contributed by atoms with E-state index in [1.807, 2.05) is 0 Å². The number of nitrogen functional groups attached to an aromatic ring is 1. The second-order valence-electron chi connectivity index (χ2n) is 5.88. The Balaban J connectivity index is 0.00000225. The van der Waals surface area contributed by atoms with E-state index >= 15 is 0 Å². The number of carboxylic acids is 1. The van der Waals surface area contributed by atoms with Gasteiger partial charge in [0, 0.05) is 17.7 Å². The number of carbonyl (C=O) groups excluding carboxylic acids is 3. The number of carboxylic acid groups (broad SMARTS) is 1. The number of thiazole rings is 1. The molecule has 3 atom stereocenters. The Morgan fingerprint density at radius 2 is 2.16 bits per heavy atom. The topological polar surface area (TPSA) is 143 Å². The summed E-state index contributed by atoms with van der Waals surface area (Å²) in [5, 5.41) is 12.8. The van der Waals surface area contributed by atoms with Crippen molar-refractivity contribution < 1.29 is 24.3 Å². The molecule has 0 aromatic carbocycles. The van der Waals surface area contributed by atoms with Gasteiger partial charge in [0.15, 0.2) is 5.13 Å². The molecule has 4 N–H and O–H groups in total. The van der Waals surface area contributed by atoms with Gasteiger partial charge in [0.2, 0.25) is 5.91 Å². The van der Waals surface area contributed by atoms with E-state index in [1.165, 1.54) is 22.0 Å². The fourth-order valence-corrected chi connectivity index (χ4v) is 4.58. The largest absolute Gasteiger partial charge is 0.481 e. The Morgan fingerprint density at radius 1 is 1.48 bits per heavy atom. The van der Waals surface area contributed by atoms with Gasteiger partial charge in [-0.3, -0.25) is 19.2 Å². The number of carbonyl (C=O) groups is 4. The number of β-lactam (4-membered cyclic amide) rings is 1. The van der Waals surface area contributed by atoms with Gasteiger partial charge in [-0.15, -0.1) is 35.5 Å². The quantitative estimate of drug-likeness (QED) is 0.355. The summed E-state index contributed by atoms with van der Waals surface area (Å²) in [6.45, 7) is 1.66. The lowest BCUT2D eigenvalue weighted by molar-refractivity contribution is -0.157. The average molecular weight is 407 g/mol. The van der Waals surface area contributed by atoms with Crippen LogP contribution in [-0.4, -0.2) is 62.3 Å². The number of aliphatic carboxylic acids is 1. The minimum absolute atomic E-state index is 0. The van der Waals surface area contributed by atoms with Crippen LogP contribution in [0, 0.1) is 5.41 Å². The zero-order valence-corrected chi connectivity index (χ0v) is 15.4. The molecule has 2 aliphatic rings. The molecule has 0 radical (unpaired) electrons. The van der Waals surface area contributed by atoms with Crippen molar-refractivity contribution in [3.63, 3.8) is 0 Å². The van der Waals surface area contributed by atoms with E-state index in [2.05, 4.69) is 10.3 Å². The first-order valence-corrected chi connectivity index (χ1v) is 8.87. The number of amides is 2. The Kier molecular flexibility index (Phi) is 5.30. The van der Waals surface area contributed by atoms with Crippen molar-refractivity contribution in [2.24, 2.45) is 5.41 Å². The van der Waals surface area contributed by atoms with Gasteiger partial charge in [0.25, 0.3) is 11.7 Å². The van der Waals surface area contributed by atoms with Crippen LogP contribution in [0.5, 0.6) is 0 Å². The standard InChI is InChI=1S/C13H14N4O5S2.ClH/c1-13(11(21)22)3-17-9(20)6(10(17)24-4-13)16-8(19)7(18)5-2-23-12(14)15-5;/h2,6,10H,3-4H2,1H3,(H2,14,15)(H,16,19)(H,21,22);1H/t6?,10-,13?;/m1./s1. The summed E-state index contributed by atoms with van der Waals surface area (Å²) in [5.74, 6) is -2.82. The molecule has 3 rings (SSSR count). The van der Waals surface area contributed by atoms with Crippen LogP contribution in [0.4, 0.5) is 5.13 Å². The third kappa shape index (κ3) is 3.31. The van der Waals surface area contributed by atoms with E-state index in [0.29, 0.717) is 5.75 Å². The highest BCUT2D eigenvalue weighted by atomic mass is 35.5. The first kappa shape index (κ1) is 19.5. The molecule has 25 heavy (non-hydrogen) atoms. The maximum atomic E-state index is 12.2. The number of hydrogen-bond acceptors (Lipinski definition) is 8. The lowest BCUT2D eigenvalue weighted by Crippen LogP contribution is -2.73. The van der Waals surface area contributed by atoms with Crippen molar-refractivity contribution in [2.45, 2.75) is 18.3 Å². The molecule has 2 amide bonds. The maximum absolute atomic E-state index is 12.2. The van der Waals surface area contributed by atoms with Crippen LogP contribution in [-0.2, 0) is 14.4 Å². The molecular weight excluding hydrogens is 392 g/mol. The number of halogens is 1. The number of thioether (sulfide) groups is 1. The molecule has 2 saturated heterocycles. The SMILES string of the molecule is CC1(C(=O)O)CS[C@@H]2C(NC(=O)C(=O)c3csc(N)n3)C(=O)N2C1.Cl. The number of aromatic nitrogens is 1. The van der Waals surface area contributed by atoms with Gasteiger partial charge in [0.1, 0.15) is 17.1 Å². The van der Waals surface area contributed by atoms with E-state index in [9.17, 15) is 24.3 Å². The zero-order chi connectivity index (χ0) is 17.6. The van der Waals surface area contributed by atoms with Crippen LogP contribution in [0.3, 0.4) is 0 Å². The van der Waals surface area contributed by atoms with Crippen molar-refractivity contribution in [1.82, 2.24) is 15.2 Å². The van der Waals surface area contributed by atoms with Crippen LogP contribution >= 0.6 is 35.5 Å². The summed E-state index contributed by atoms with van der Waals surface area (Å²) in [5.41, 5.74) is 4.35. The summed E-state index contributed by atoms with van der Waals surface area (Å²) >= 11 is 2.32. The molecule has 12 heteroatoms. The number of fused-ring (bicyclic) bond motifs is 1. The number of anilines is 1. The smallest absolute Gasteiger partial charge is 0.312 e. The average Bonchev–Trinajstić information content (AvgIpc) is 2.98. The van der Waals surface area contributed by atoms with E-state index in [-0.39, 0.29) is 35.2 Å². The molecule has 2 fully saturated rings. The minimum atomic E-state index is -1.01. The number of nitrogens with one attached hydrogen (secondary N) is 1. The Morgan fingerprint density at radius 3 is 2.72 bits per heavy atom. The fraction of sp³-hybridized carbons (Fsp3) is 0.462. The summed E-state index contributed by atoms with van der Waals surface area (Å²) in [6, 6.07) is -0.833. The number of Topliss-reactive ketones (excluding diaryl/α,β-unsaturated/α-hetero) is 1. The number of rotatable bonds is 4. The van der Waals surface area contributed by atoms with Crippen LogP contribution in [0.15, 0.2) is 5.38 Å². The van der Waals surface area contributed by atoms with Crippen molar-refractivity contribution in [3.8, 4) is 0 Å². The van der Waals surface area contributed by atoms with E-state index in [4.69, 9.17) is 5.73 Å². The van der Waals surface area contributed by atoms with Gasteiger partial charge in [-0.05, 0) is 6.92 Å². The molecule has 3 heterocycles. The van der Waals surface area contributed by atoms with E-state index in [0.717, 1.165) is 11.3 Å². The summed E-state index contributed by atoms with van der Waals surface area (Å²) in [7, 11) is 0. The van der Waals surface area contributed by atoms with Gasteiger partial charge in [0.05, 0.1) is 5.41 Å². The molecule has 2 unspecified atom stereocenters. The van der Waals surface area contributed by atoms with Crippen molar-refractivity contribution >= 4 is 64.2 Å². The molecule has 136 valence electrons. The van der Waals surface area contributed by atoms with Gasteiger partial charge >= 0.3 is 5.97 Å². The Bertz CT molecular complexity index is 757. The number of ketones is 1. The predicted octanol–water partition coefficient (Wildman–Crippen LogP) is -0.179. The minimum Gasteiger partial charge on any atom is -0.481 e. The molecule has 1 aromatic heterocycles. The molecular formula is C13H15ClN4O5S2. The van der Waals surface area contributed by atoms with Crippen LogP contribution < -0.4 is 11.1 Å². The molecule has 0 spiro atoms. The van der Waals surface area contributed by atoms with Crippen LogP contribution in [0.25, 0.3) is 0 Å². The third-order valence-corrected chi connectivity index (χ3v) is 6.34. The van der Waals surface area contributed by atoms with Crippen molar-refractivity contribution in [1.29, 1.82) is 0 Å². The molecule has 1 aromatic rings. The molecule has 9 nitrogen and oxygen atoms in total. The third-order valence-electron chi connectivity index (χ3n) is 4.00. The first-order valence-electron chi connectivity index (χ1n) is 6.94. The van der Waals surface area contributed by atoms with Gasteiger partial charge in [-0.2, -0.15) is 0 Å². The Hall–Kier alpha value is -1.85. The van der Waals surface area contributed by atoms with Crippen molar-refractivity contribution in [2.75, 3.05) is 18.0 Å². The second-order valence-corrected chi connectivity index (χ2v) is 7.88. The van der Waals surface area contributed by atoms with Crippen molar-refractivity contribution in [3.05, 3.63) is 11.1 Å². The first-order chi connectivity index (χ1) is 11.2. The Labute approximate surface area is 156 Å². The van der Waals surface area contributed by atoms with E-state index in [1.54, 1.807) is 6.92 Å². The number of hydrogen-bond donors (Lipinski definition) is 3. The highest BCUT2D eigenvalue weighted by molar-refractivity contribution is 8.00. The van der Waals surface area contributed by atoms with Gasteiger partial charge < -0.3 is 21.1 Å². The monoisotopic (exact) mass is 406 g/mol. The van der Waals surface area contributed by atoms with Crippen LogP contribution in [0.2, 0.25) is 0 Å². The molecule has 2 aliphatic heterocycles. The van der Waals surface area contributed by atoms with E-state index < -0.39 is 35.0 Å². The molecule has 0 bridgehead atoms. The summed E-state index contributed by atoms with van der Waals surface area (Å²) < 4.78 is 0. The number of nitrogens with zero attached hydrogens (tertiary/aromatic N) is 2. The maximum Gasteiger partial charge on any atom is 0.312 e. The summed E-state index contributed by atoms with van der Waals surface area (Å²) in [6.07, 6.45) is 0. The lowest BCUT2D eigenvalue weighted by atomic mass is 9.89. The lowest BCUT2D eigenvalue weighted by Gasteiger charge is -2.53. The number of nitrogens with two attached hydrogens (primary N) is 1. The highest BCUT2D eigenvalue weighted by Crippen LogP contribution is 2.41. The second kappa shape index (κ2) is 6.81. The highest BCUT2D eigenvalue weighted by Gasteiger charge is 2.56. The fourth-order valence-electron chi connectivity index (χ4n) is 2.55. The summed E-state index contributed by atoms with van der Waals surface area (Å²) in [4.78, 5) is 52.6. The molecule has 0 aliphatic carbocycles. The molecule has 0 saturated carbocycles. The normalized spacial score (nSPS) is 27.6. The zero-order valence-electron chi connectivity index (χ0n) is 12.9. The van der Waals surface area contributed by atoms with Crippen LogP contribution in [0.1, 0.15) is 17.4 Å². The van der Waals surface area contributed by atoms with Gasteiger partial charge in [-0.1, -0.05) is 0 Å².